The van der Waals surface area contributed by atoms with Crippen molar-refractivity contribution < 1.29 is 13.9 Å². The highest BCUT2D eigenvalue weighted by atomic mass is 35.5. The van der Waals surface area contributed by atoms with Gasteiger partial charge in [-0.1, -0.05) is 23.7 Å². The van der Waals surface area contributed by atoms with E-state index in [-0.39, 0.29) is 17.5 Å². The van der Waals surface area contributed by atoms with E-state index in [4.69, 9.17) is 26.8 Å². The molecule has 0 saturated heterocycles. The summed E-state index contributed by atoms with van der Waals surface area (Å²) in [7, 11) is 3.02. The molecule has 5 heteroatoms. The zero-order chi connectivity index (χ0) is 16.1. The van der Waals surface area contributed by atoms with Crippen LogP contribution in [0.4, 0.5) is 4.39 Å². The van der Waals surface area contributed by atoms with Crippen molar-refractivity contribution in [3.8, 4) is 11.5 Å². The Hall–Kier alpha value is -1.78. The van der Waals surface area contributed by atoms with Gasteiger partial charge in [0, 0.05) is 5.92 Å². The van der Waals surface area contributed by atoms with Crippen molar-refractivity contribution in [3.05, 3.63) is 58.4 Å². The lowest BCUT2D eigenvalue weighted by Gasteiger charge is -2.17. The first kappa shape index (κ1) is 16.6. The highest BCUT2D eigenvalue weighted by Gasteiger charge is 2.14. The number of methoxy groups -OCH3 is 2. The number of halogens is 2. The lowest BCUT2D eigenvalue weighted by atomic mass is 9.92. The zero-order valence-corrected chi connectivity index (χ0v) is 13.4. The normalized spacial score (nSPS) is 12.0. The summed E-state index contributed by atoms with van der Waals surface area (Å²) in [6.07, 6.45) is 0.673. The summed E-state index contributed by atoms with van der Waals surface area (Å²) in [4.78, 5) is 0. The summed E-state index contributed by atoms with van der Waals surface area (Å²) in [5.74, 6) is 0.480. The van der Waals surface area contributed by atoms with Gasteiger partial charge in [0.1, 0.15) is 5.75 Å². The van der Waals surface area contributed by atoms with E-state index in [1.165, 1.54) is 13.2 Å². The van der Waals surface area contributed by atoms with Crippen LogP contribution in [0.2, 0.25) is 5.02 Å². The Balaban J connectivity index is 2.22. The second-order valence-electron chi connectivity index (χ2n) is 5.00. The maximum atomic E-state index is 13.8. The first-order chi connectivity index (χ1) is 10.6. The topological polar surface area (TPSA) is 44.5 Å². The molecule has 2 aromatic carbocycles. The van der Waals surface area contributed by atoms with E-state index in [0.29, 0.717) is 23.7 Å². The molecule has 0 heterocycles. The van der Waals surface area contributed by atoms with E-state index in [0.717, 1.165) is 11.1 Å². The van der Waals surface area contributed by atoms with E-state index >= 15 is 0 Å². The highest BCUT2D eigenvalue weighted by Crippen LogP contribution is 2.29. The molecule has 0 spiro atoms. The molecule has 0 bridgehead atoms. The fraction of sp³-hybridized carbons (Fsp3) is 0.294. The lowest BCUT2D eigenvalue weighted by molar-refractivity contribution is 0.386. The maximum Gasteiger partial charge on any atom is 0.165 e. The van der Waals surface area contributed by atoms with Crippen LogP contribution in [0, 0.1) is 5.82 Å². The smallest absolute Gasteiger partial charge is 0.165 e. The van der Waals surface area contributed by atoms with Crippen molar-refractivity contribution in [2.24, 2.45) is 5.73 Å². The third-order valence-electron chi connectivity index (χ3n) is 3.63. The molecule has 1 unspecified atom stereocenters. The van der Waals surface area contributed by atoms with E-state index < -0.39 is 0 Å². The van der Waals surface area contributed by atoms with E-state index in [1.54, 1.807) is 13.2 Å². The van der Waals surface area contributed by atoms with Gasteiger partial charge in [-0.05, 0) is 48.4 Å². The summed E-state index contributed by atoms with van der Waals surface area (Å²) < 4.78 is 23.9. The third-order valence-corrected chi connectivity index (χ3v) is 3.93. The first-order valence-electron chi connectivity index (χ1n) is 6.95. The Bertz CT molecular complexity index is 649. The van der Waals surface area contributed by atoms with Crippen LogP contribution in [-0.2, 0) is 6.42 Å². The first-order valence-corrected chi connectivity index (χ1v) is 7.32. The monoisotopic (exact) mass is 323 g/mol. The Morgan fingerprint density at radius 2 is 1.77 bits per heavy atom. The number of hydrogen-bond acceptors (Lipinski definition) is 3. The number of ether oxygens (including phenoxy) is 2. The number of rotatable bonds is 6. The van der Waals surface area contributed by atoms with Crippen LogP contribution in [-0.4, -0.2) is 20.8 Å². The quantitative estimate of drug-likeness (QED) is 0.880. The van der Waals surface area contributed by atoms with Crippen LogP contribution in [0.5, 0.6) is 11.5 Å². The van der Waals surface area contributed by atoms with Gasteiger partial charge in [-0.3, -0.25) is 0 Å². The zero-order valence-electron chi connectivity index (χ0n) is 12.6. The van der Waals surface area contributed by atoms with Crippen LogP contribution >= 0.6 is 11.6 Å². The van der Waals surface area contributed by atoms with Crippen molar-refractivity contribution >= 4 is 11.6 Å². The molecule has 0 fully saturated rings. The molecule has 2 N–H and O–H groups in total. The summed E-state index contributed by atoms with van der Waals surface area (Å²) in [6.45, 7) is 0.412. The molecular formula is C17H19ClFNO2. The molecule has 0 radical (unpaired) electrons. The minimum Gasteiger partial charge on any atom is -0.495 e. The molecule has 0 amide bonds. The van der Waals surface area contributed by atoms with Gasteiger partial charge < -0.3 is 15.2 Å². The van der Waals surface area contributed by atoms with E-state index in [2.05, 4.69) is 0 Å². The molecule has 1 atom stereocenters. The van der Waals surface area contributed by atoms with E-state index in [1.807, 2.05) is 24.3 Å². The summed E-state index contributed by atoms with van der Waals surface area (Å²) in [5.41, 5.74) is 7.72. The van der Waals surface area contributed by atoms with Gasteiger partial charge >= 0.3 is 0 Å². The SMILES string of the molecule is COc1ccc(C(CN)Cc2ccc(OC)c(Cl)c2)cc1F. The van der Waals surface area contributed by atoms with Crippen molar-refractivity contribution in [2.75, 3.05) is 20.8 Å². The van der Waals surface area contributed by atoms with Gasteiger partial charge in [-0.15, -0.1) is 0 Å². The molecule has 0 aliphatic rings. The predicted octanol–water partition coefficient (Wildman–Crippen LogP) is 3.78. The Kier molecular flexibility index (Phi) is 5.63. The Morgan fingerprint density at radius 3 is 2.32 bits per heavy atom. The van der Waals surface area contributed by atoms with Crippen molar-refractivity contribution in [2.45, 2.75) is 12.3 Å². The van der Waals surface area contributed by atoms with Crippen molar-refractivity contribution in [1.29, 1.82) is 0 Å². The molecule has 0 aliphatic carbocycles. The van der Waals surface area contributed by atoms with Crippen molar-refractivity contribution in [3.63, 3.8) is 0 Å². The minimum atomic E-state index is -0.383. The van der Waals surface area contributed by atoms with Gasteiger partial charge in [0.2, 0.25) is 0 Å². The molecule has 3 nitrogen and oxygen atoms in total. The van der Waals surface area contributed by atoms with E-state index in [9.17, 15) is 4.39 Å². The van der Waals surface area contributed by atoms with Gasteiger partial charge in [-0.25, -0.2) is 4.39 Å². The number of benzene rings is 2. The average molecular weight is 324 g/mol. The molecule has 0 aliphatic heterocycles. The van der Waals surface area contributed by atoms with Crippen LogP contribution < -0.4 is 15.2 Å². The standard InChI is InChI=1S/C17H19ClFNO2/c1-21-16-5-3-11(8-14(16)18)7-13(10-20)12-4-6-17(22-2)15(19)9-12/h3-6,8-9,13H,7,10,20H2,1-2H3. The largest absolute Gasteiger partial charge is 0.495 e. The fourth-order valence-electron chi connectivity index (χ4n) is 2.40. The third kappa shape index (κ3) is 3.70. The van der Waals surface area contributed by atoms with Crippen LogP contribution in [0.15, 0.2) is 36.4 Å². The second kappa shape index (κ2) is 7.47. The molecule has 0 saturated carbocycles. The molecule has 2 aromatic rings. The number of nitrogens with two attached hydrogens (primary N) is 1. The number of hydrogen-bond donors (Lipinski definition) is 1. The summed E-state index contributed by atoms with van der Waals surface area (Å²) >= 11 is 6.13. The highest BCUT2D eigenvalue weighted by molar-refractivity contribution is 6.32. The van der Waals surface area contributed by atoms with Crippen molar-refractivity contribution in [1.82, 2.24) is 0 Å². The fourth-order valence-corrected chi connectivity index (χ4v) is 2.68. The van der Waals surface area contributed by atoms with Gasteiger partial charge in [0.15, 0.2) is 11.6 Å². The second-order valence-corrected chi connectivity index (χ2v) is 5.41. The Labute approximate surface area is 134 Å². The molecular weight excluding hydrogens is 305 g/mol. The van der Waals surface area contributed by atoms with Crippen LogP contribution in [0.25, 0.3) is 0 Å². The summed E-state index contributed by atoms with van der Waals surface area (Å²) in [5, 5.41) is 0.552. The van der Waals surface area contributed by atoms with Gasteiger partial charge in [-0.2, -0.15) is 0 Å². The molecule has 2 rings (SSSR count). The van der Waals surface area contributed by atoms with Gasteiger partial charge in [0.25, 0.3) is 0 Å². The van der Waals surface area contributed by atoms with Crippen LogP contribution in [0.1, 0.15) is 17.0 Å². The summed E-state index contributed by atoms with van der Waals surface area (Å²) in [6, 6.07) is 10.5. The maximum absolute atomic E-state index is 13.8. The van der Waals surface area contributed by atoms with Gasteiger partial charge in [0.05, 0.1) is 19.2 Å². The lowest BCUT2D eigenvalue weighted by Crippen LogP contribution is -2.15. The van der Waals surface area contributed by atoms with Crippen LogP contribution in [0.3, 0.4) is 0 Å². The average Bonchev–Trinajstić information content (AvgIpc) is 2.52. The predicted molar refractivity (Wildman–Crippen MR) is 86.5 cm³/mol. The molecule has 22 heavy (non-hydrogen) atoms. The molecule has 118 valence electrons. The molecule has 0 aromatic heterocycles. The Morgan fingerprint density at radius 1 is 1.09 bits per heavy atom. The minimum absolute atomic E-state index is 0.00451.